The fourth-order valence-electron chi connectivity index (χ4n) is 4.13. The van der Waals surface area contributed by atoms with E-state index in [2.05, 4.69) is 11.9 Å². The molecule has 2 aliphatic rings. The predicted molar refractivity (Wildman–Crippen MR) is 144 cm³/mol. The summed E-state index contributed by atoms with van der Waals surface area (Å²) in [6.07, 6.45) is 5.23. The Morgan fingerprint density at radius 1 is 0.842 bits per heavy atom. The molecule has 11 nitrogen and oxygen atoms in total. The van der Waals surface area contributed by atoms with E-state index >= 15 is 0 Å². The third kappa shape index (κ3) is 11.9. The van der Waals surface area contributed by atoms with Gasteiger partial charge in [0.2, 0.25) is 0 Å². The van der Waals surface area contributed by atoms with E-state index in [1.807, 2.05) is 12.1 Å². The van der Waals surface area contributed by atoms with Gasteiger partial charge in [0.15, 0.2) is 0 Å². The van der Waals surface area contributed by atoms with E-state index in [-0.39, 0.29) is 16.3 Å². The number of benzene rings is 2. The number of hydrogen-bond donors (Lipinski definition) is 1. The molecule has 0 saturated carbocycles. The number of nitrogens with zero attached hydrogens (tertiary/aromatic N) is 3. The summed E-state index contributed by atoms with van der Waals surface area (Å²) >= 11 is 0. The first-order chi connectivity index (χ1) is 18.3. The number of carbonyl (C=O) groups excluding carboxylic acids is 1. The molecule has 0 amide bonds. The fourth-order valence-corrected chi connectivity index (χ4v) is 4.13. The lowest BCUT2D eigenvalue weighted by atomic mass is 10.00. The topological polar surface area (TPSA) is 151 Å². The van der Waals surface area contributed by atoms with E-state index in [9.17, 15) is 25.0 Å². The molecule has 0 radical (unpaired) electrons. The third-order valence-electron chi connectivity index (χ3n) is 6.42. The summed E-state index contributed by atoms with van der Waals surface area (Å²) in [5.74, 6) is 1.44. The second-order valence-corrected chi connectivity index (χ2v) is 9.43. The van der Waals surface area contributed by atoms with Crippen LogP contribution in [0.2, 0.25) is 0 Å². The largest absolute Gasteiger partial charge is 0.381 e. The average molecular weight is 531 g/mol. The SMILES string of the molecule is CN(Cc1ccc([N+](=O)[O-])cc1)CC1CCOCC1.NCC1CCOCC1.O=Cc1ccc([N+](=O)[O-])cc1. The van der Waals surface area contributed by atoms with Gasteiger partial charge in [-0.15, -0.1) is 0 Å². The summed E-state index contributed by atoms with van der Waals surface area (Å²) in [5.41, 5.74) is 7.14. The van der Waals surface area contributed by atoms with E-state index in [0.717, 1.165) is 83.2 Å². The molecule has 0 atom stereocenters. The quantitative estimate of drug-likeness (QED) is 0.300. The Morgan fingerprint density at radius 3 is 1.68 bits per heavy atom. The van der Waals surface area contributed by atoms with E-state index in [1.165, 1.54) is 24.3 Å². The van der Waals surface area contributed by atoms with Gasteiger partial charge in [0, 0.05) is 69.3 Å². The van der Waals surface area contributed by atoms with Crippen molar-refractivity contribution in [1.82, 2.24) is 4.90 Å². The molecule has 0 aromatic heterocycles. The summed E-state index contributed by atoms with van der Waals surface area (Å²) < 4.78 is 10.5. The van der Waals surface area contributed by atoms with Gasteiger partial charge >= 0.3 is 0 Å². The first-order valence-corrected chi connectivity index (χ1v) is 12.8. The van der Waals surface area contributed by atoms with Crippen molar-refractivity contribution in [2.24, 2.45) is 17.6 Å². The second kappa shape index (κ2) is 17.3. The number of hydrogen-bond acceptors (Lipinski definition) is 9. The summed E-state index contributed by atoms with van der Waals surface area (Å²) in [4.78, 5) is 32.2. The van der Waals surface area contributed by atoms with Crippen LogP contribution in [-0.4, -0.2) is 67.6 Å². The minimum Gasteiger partial charge on any atom is -0.381 e. The van der Waals surface area contributed by atoms with Gasteiger partial charge in [-0.05, 0) is 68.8 Å². The van der Waals surface area contributed by atoms with Gasteiger partial charge < -0.3 is 20.1 Å². The highest BCUT2D eigenvalue weighted by atomic mass is 16.6. The van der Waals surface area contributed by atoms with Crippen LogP contribution in [0, 0.1) is 32.1 Å². The van der Waals surface area contributed by atoms with Gasteiger partial charge in [-0.3, -0.25) is 25.0 Å². The molecule has 208 valence electrons. The Bertz CT molecular complexity index is 974. The van der Waals surface area contributed by atoms with Gasteiger partial charge in [0.05, 0.1) is 9.85 Å². The van der Waals surface area contributed by atoms with Crippen molar-refractivity contribution < 1.29 is 24.1 Å². The van der Waals surface area contributed by atoms with Crippen molar-refractivity contribution >= 4 is 17.7 Å². The minimum atomic E-state index is -0.505. The monoisotopic (exact) mass is 530 g/mol. The first-order valence-electron chi connectivity index (χ1n) is 12.8. The lowest BCUT2D eigenvalue weighted by Gasteiger charge is -2.27. The van der Waals surface area contributed by atoms with Crippen LogP contribution in [0.15, 0.2) is 48.5 Å². The lowest BCUT2D eigenvalue weighted by molar-refractivity contribution is -0.385. The first kappa shape index (κ1) is 31.0. The number of rotatable bonds is 8. The number of carbonyl (C=O) groups is 1. The Balaban J connectivity index is 0.000000224. The number of nitro benzene ring substituents is 2. The van der Waals surface area contributed by atoms with Crippen LogP contribution >= 0.6 is 0 Å². The minimum absolute atomic E-state index is 0.00407. The molecule has 38 heavy (non-hydrogen) atoms. The number of nitrogens with two attached hydrogens (primary N) is 1. The summed E-state index contributed by atoms with van der Waals surface area (Å²) in [6, 6.07) is 12.2. The molecule has 2 fully saturated rings. The van der Waals surface area contributed by atoms with Gasteiger partial charge in [-0.25, -0.2) is 0 Å². The van der Waals surface area contributed by atoms with Crippen LogP contribution in [0.1, 0.15) is 41.6 Å². The maximum absolute atomic E-state index is 10.6. The number of ether oxygens (including phenoxy) is 2. The van der Waals surface area contributed by atoms with Crippen LogP contribution in [-0.2, 0) is 16.0 Å². The van der Waals surface area contributed by atoms with Gasteiger partial charge in [0.25, 0.3) is 11.4 Å². The zero-order chi connectivity index (χ0) is 27.8. The molecular weight excluding hydrogens is 492 g/mol. The summed E-state index contributed by atoms with van der Waals surface area (Å²) in [7, 11) is 2.09. The Kier molecular flexibility index (Phi) is 14.1. The predicted octanol–water partition coefficient (Wildman–Crippen LogP) is 4.23. The van der Waals surface area contributed by atoms with Gasteiger partial charge in [0.1, 0.15) is 6.29 Å². The van der Waals surface area contributed by atoms with Crippen LogP contribution < -0.4 is 5.73 Å². The molecule has 0 bridgehead atoms. The van der Waals surface area contributed by atoms with E-state index in [4.69, 9.17) is 15.2 Å². The highest BCUT2D eigenvalue weighted by Gasteiger charge is 2.16. The molecule has 4 rings (SSSR count). The molecule has 2 aromatic rings. The summed E-state index contributed by atoms with van der Waals surface area (Å²) in [5, 5.41) is 20.7. The molecule has 2 saturated heterocycles. The van der Waals surface area contributed by atoms with Crippen LogP contribution in [0.4, 0.5) is 11.4 Å². The molecular formula is C27H38N4O7. The van der Waals surface area contributed by atoms with Gasteiger partial charge in [-0.1, -0.05) is 12.1 Å². The second-order valence-electron chi connectivity index (χ2n) is 9.43. The van der Waals surface area contributed by atoms with Crippen molar-refractivity contribution in [1.29, 1.82) is 0 Å². The molecule has 2 N–H and O–H groups in total. The van der Waals surface area contributed by atoms with E-state index in [1.54, 1.807) is 12.1 Å². The van der Waals surface area contributed by atoms with Crippen LogP contribution in [0.3, 0.4) is 0 Å². The maximum Gasteiger partial charge on any atom is 0.269 e. The third-order valence-corrected chi connectivity index (χ3v) is 6.42. The molecule has 0 aliphatic carbocycles. The molecule has 2 aromatic carbocycles. The molecule has 2 heterocycles. The number of aldehydes is 1. The van der Waals surface area contributed by atoms with E-state index in [0.29, 0.717) is 17.8 Å². The number of nitro groups is 2. The zero-order valence-electron chi connectivity index (χ0n) is 21.9. The van der Waals surface area contributed by atoms with Crippen LogP contribution in [0.5, 0.6) is 0 Å². The van der Waals surface area contributed by atoms with Crippen molar-refractivity contribution in [2.45, 2.75) is 32.2 Å². The molecule has 2 aliphatic heterocycles. The molecule has 0 spiro atoms. The van der Waals surface area contributed by atoms with Gasteiger partial charge in [-0.2, -0.15) is 0 Å². The average Bonchev–Trinajstić information content (AvgIpc) is 2.95. The zero-order valence-corrected chi connectivity index (χ0v) is 21.9. The lowest BCUT2D eigenvalue weighted by Crippen LogP contribution is -2.29. The van der Waals surface area contributed by atoms with Crippen molar-refractivity contribution in [3.63, 3.8) is 0 Å². The van der Waals surface area contributed by atoms with Crippen molar-refractivity contribution in [2.75, 3.05) is 46.6 Å². The highest BCUT2D eigenvalue weighted by molar-refractivity contribution is 5.75. The number of non-ortho nitro benzene ring substituents is 2. The van der Waals surface area contributed by atoms with Crippen molar-refractivity contribution in [3.8, 4) is 0 Å². The maximum atomic E-state index is 10.6. The summed E-state index contributed by atoms with van der Waals surface area (Å²) in [6.45, 7) is 6.30. The van der Waals surface area contributed by atoms with E-state index < -0.39 is 4.92 Å². The molecule has 11 heteroatoms. The fraction of sp³-hybridized carbons (Fsp3) is 0.519. The Labute approximate surface area is 223 Å². The van der Waals surface area contributed by atoms with Crippen molar-refractivity contribution in [3.05, 3.63) is 79.9 Å². The Hall–Kier alpha value is -3.25. The highest BCUT2D eigenvalue weighted by Crippen LogP contribution is 2.18. The normalized spacial score (nSPS) is 16.0. The van der Waals surface area contributed by atoms with Crippen LogP contribution in [0.25, 0.3) is 0 Å². The standard InChI is InChI=1S/C14H20N2O3.C7H5NO3.C6H13NO/c1-15(11-13-6-8-19-9-7-13)10-12-2-4-14(5-3-12)16(17)18;9-5-6-1-3-7(4-2-6)8(10)11;7-5-6-1-3-8-4-2-6/h2-5,13H,6-11H2,1H3;1-5H;6H,1-5,7H2. The Morgan fingerprint density at radius 2 is 1.29 bits per heavy atom. The smallest absolute Gasteiger partial charge is 0.269 e. The molecule has 0 unspecified atom stereocenters.